The lowest BCUT2D eigenvalue weighted by atomic mass is 10.4. The molecule has 1 aliphatic heterocycles. The SMILES string of the molecule is C=C1CCNS(=O)(=O)N1. The highest BCUT2D eigenvalue weighted by Gasteiger charge is 2.14. The van der Waals surface area contributed by atoms with E-state index in [2.05, 4.69) is 16.0 Å². The molecular weight excluding hydrogens is 140 g/mol. The molecule has 0 atom stereocenters. The molecule has 1 rings (SSSR count). The summed E-state index contributed by atoms with van der Waals surface area (Å²) in [5.74, 6) is 0. The molecule has 52 valence electrons. The molecule has 0 bridgehead atoms. The van der Waals surface area contributed by atoms with Crippen LogP contribution in [0.1, 0.15) is 6.42 Å². The first-order chi connectivity index (χ1) is 4.10. The fourth-order valence-corrected chi connectivity index (χ4v) is 1.54. The van der Waals surface area contributed by atoms with Crippen molar-refractivity contribution in [1.29, 1.82) is 0 Å². The zero-order valence-electron chi connectivity index (χ0n) is 4.85. The van der Waals surface area contributed by atoms with E-state index in [0.717, 1.165) is 0 Å². The molecule has 1 heterocycles. The van der Waals surface area contributed by atoms with Gasteiger partial charge in [0.15, 0.2) is 0 Å². The molecule has 5 heteroatoms. The van der Waals surface area contributed by atoms with Gasteiger partial charge in [0.2, 0.25) is 0 Å². The molecule has 0 aromatic carbocycles. The molecule has 0 spiro atoms. The van der Waals surface area contributed by atoms with Crippen LogP contribution in [-0.4, -0.2) is 15.0 Å². The minimum Gasteiger partial charge on any atom is -0.275 e. The van der Waals surface area contributed by atoms with Crippen molar-refractivity contribution in [3.63, 3.8) is 0 Å². The first-order valence-electron chi connectivity index (χ1n) is 2.55. The molecule has 9 heavy (non-hydrogen) atoms. The second-order valence-electron chi connectivity index (χ2n) is 1.85. The van der Waals surface area contributed by atoms with Crippen LogP contribution in [0.15, 0.2) is 12.3 Å². The van der Waals surface area contributed by atoms with Crippen molar-refractivity contribution in [3.8, 4) is 0 Å². The van der Waals surface area contributed by atoms with E-state index in [4.69, 9.17) is 0 Å². The van der Waals surface area contributed by atoms with E-state index < -0.39 is 10.2 Å². The van der Waals surface area contributed by atoms with E-state index in [-0.39, 0.29) is 0 Å². The third-order valence-electron chi connectivity index (χ3n) is 0.998. The van der Waals surface area contributed by atoms with Crippen molar-refractivity contribution in [2.75, 3.05) is 6.54 Å². The Hall–Kier alpha value is -0.550. The smallest absolute Gasteiger partial charge is 0.275 e. The summed E-state index contributed by atoms with van der Waals surface area (Å²) in [5.41, 5.74) is 0.550. The average molecular weight is 148 g/mol. The maximum Gasteiger partial charge on any atom is 0.298 e. The van der Waals surface area contributed by atoms with Crippen LogP contribution in [0.5, 0.6) is 0 Å². The van der Waals surface area contributed by atoms with Crippen LogP contribution in [0.2, 0.25) is 0 Å². The fraction of sp³-hybridized carbons (Fsp3) is 0.500. The maximum atomic E-state index is 10.6. The van der Waals surface area contributed by atoms with Gasteiger partial charge in [-0.15, -0.1) is 0 Å². The van der Waals surface area contributed by atoms with Crippen LogP contribution >= 0.6 is 0 Å². The molecule has 2 N–H and O–H groups in total. The Balaban J connectivity index is 2.73. The minimum absolute atomic E-state index is 0.453. The fourth-order valence-electron chi connectivity index (χ4n) is 0.613. The molecule has 0 saturated carbocycles. The van der Waals surface area contributed by atoms with E-state index in [9.17, 15) is 8.42 Å². The first-order valence-corrected chi connectivity index (χ1v) is 4.04. The van der Waals surface area contributed by atoms with Crippen molar-refractivity contribution < 1.29 is 8.42 Å². The first kappa shape index (κ1) is 6.57. The Labute approximate surface area is 54.1 Å². The van der Waals surface area contributed by atoms with Gasteiger partial charge in [-0.2, -0.15) is 13.1 Å². The quantitative estimate of drug-likeness (QED) is 0.478. The second-order valence-corrected chi connectivity index (χ2v) is 3.35. The second kappa shape index (κ2) is 2.00. The van der Waals surface area contributed by atoms with Crippen molar-refractivity contribution >= 4 is 10.2 Å². The van der Waals surface area contributed by atoms with Crippen molar-refractivity contribution in [2.45, 2.75) is 6.42 Å². The van der Waals surface area contributed by atoms with Gasteiger partial charge < -0.3 is 0 Å². The van der Waals surface area contributed by atoms with Gasteiger partial charge >= 0.3 is 0 Å². The number of nitrogens with one attached hydrogen (secondary N) is 2. The molecule has 0 unspecified atom stereocenters. The molecule has 0 aromatic rings. The van der Waals surface area contributed by atoms with Gasteiger partial charge in [-0.05, 0) is 0 Å². The Morgan fingerprint density at radius 1 is 1.56 bits per heavy atom. The van der Waals surface area contributed by atoms with Crippen LogP contribution in [0.3, 0.4) is 0 Å². The van der Waals surface area contributed by atoms with E-state index in [0.29, 0.717) is 18.7 Å². The minimum atomic E-state index is -3.23. The van der Waals surface area contributed by atoms with E-state index >= 15 is 0 Å². The Kier molecular flexibility index (Phi) is 1.46. The summed E-state index contributed by atoms with van der Waals surface area (Å²) in [6.45, 7) is 3.93. The lowest BCUT2D eigenvalue weighted by molar-refractivity contribution is 0.562. The van der Waals surface area contributed by atoms with Crippen molar-refractivity contribution in [2.24, 2.45) is 0 Å². The van der Waals surface area contributed by atoms with Gasteiger partial charge in [-0.25, -0.2) is 0 Å². The van der Waals surface area contributed by atoms with E-state index in [1.54, 1.807) is 0 Å². The summed E-state index contributed by atoms with van der Waals surface area (Å²) in [6.07, 6.45) is 0.666. The van der Waals surface area contributed by atoms with Crippen molar-refractivity contribution in [3.05, 3.63) is 12.3 Å². The zero-order chi connectivity index (χ0) is 6.91. The Morgan fingerprint density at radius 3 is 2.56 bits per heavy atom. The van der Waals surface area contributed by atoms with Gasteiger partial charge in [0.05, 0.1) is 0 Å². The summed E-state index contributed by atoms with van der Waals surface area (Å²) in [7, 11) is -3.23. The van der Waals surface area contributed by atoms with E-state index in [1.165, 1.54) is 0 Å². The molecular formula is C4H8N2O2S. The van der Waals surface area contributed by atoms with Gasteiger partial charge in [-0.3, -0.25) is 4.72 Å². The Bertz CT molecular complexity index is 219. The highest BCUT2D eigenvalue weighted by atomic mass is 32.2. The van der Waals surface area contributed by atoms with Crippen LogP contribution in [0.4, 0.5) is 0 Å². The summed E-state index contributed by atoms with van der Waals surface area (Å²) in [5, 5.41) is 0. The highest BCUT2D eigenvalue weighted by Crippen LogP contribution is 1.99. The van der Waals surface area contributed by atoms with Crippen LogP contribution in [0, 0.1) is 0 Å². The topological polar surface area (TPSA) is 58.2 Å². The average Bonchev–Trinajstić information content (AvgIpc) is 1.60. The summed E-state index contributed by atoms with van der Waals surface area (Å²) in [6, 6.07) is 0. The summed E-state index contributed by atoms with van der Waals surface area (Å²) >= 11 is 0. The molecule has 1 aliphatic rings. The molecule has 0 radical (unpaired) electrons. The highest BCUT2D eigenvalue weighted by molar-refractivity contribution is 7.87. The molecule has 1 saturated heterocycles. The third-order valence-corrected chi connectivity index (χ3v) is 2.14. The normalized spacial score (nSPS) is 25.1. The zero-order valence-corrected chi connectivity index (χ0v) is 5.66. The number of hydrogen-bond donors (Lipinski definition) is 2. The standard InChI is InChI=1S/C4H8N2O2S/c1-4-2-3-5-9(7,8)6-4/h5-6H,1-3H2. The molecule has 0 aromatic heterocycles. The van der Waals surface area contributed by atoms with Gasteiger partial charge in [0, 0.05) is 18.7 Å². The van der Waals surface area contributed by atoms with Crippen LogP contribution in [-0.2, 0) is 10.2 Å². The molecule has 0 amide bonds. The number of hydrogen-bond acceptors (Lipinski definition) is 2. The Morgan fingerprint density at radius 2 is 2.22 bits per heavy atom. The van der Waals surface area contributed by atoms with Crippen LogP contribution in [0.25, 0.3) is 0 Å². The lowest BCUT2D eigenvalue weighted by Crippen LogP contribution is -2.41. The number of rotatable bonds is 0. The summed E-state index contributed by atoms with van der Waals surface area (Å²) in [4.78, 5) is 0. The van der Waals surface area contributed by atoms with Gasteiger partial charge in [0.25, 0.3) is 10.2 Å². The van der Waals surface area contributed by atoms with E-state index in [1.807, 2.05) is 0 Å². The predicted molar refractivity (Wildman–Crippen MR) is 33.8 cm³/mol. The van der Waals surface area contributed by atoms with Crippen molar-refractivity contribution in [1.82, 2.24) is 9.44 Å². The largest absolute Gasteiger partial charge is 0.298 e. The predicted octanol–water partition coefficient (Wildman–Crippen LogP) is -0.672. The molecule has 0 aliphatic carbocycles. The maximum absolute atomic E-state index is 10.6. The summed E-state index contributed by atoms with van der Waals surface area (Å²) < 4.78 is 25.7. The monoisotopic (exact) mass is 148 g/mol. The van der Waals surface area contributed by atoms with Gasteiger partial charge in [0.1, 0.15) is 0 Å². The lowest BCUT2D eigenvalue weighted by Gasteiger charge is -2.16. The third kappa shape index (κ3) is 1.69. The van der Waals surface area contributed by atoms with Crippen LogP contribution < -0.4 is 9.44 Å². The molecule has 1 fully saturated rings. The molecule has 4 nitrogen and oxygen atoms in total. The van der Waals surface area contributed by atoms with Gasteiger partial charge in [-0.1, -0.05) is 6.58 Å².